The molecule has 1 heterocycles. The Hall–Kier alpha value is -4.97. The van der Waals surface area contributed by atoms with Crippen LogP contribution in [0, 0.1) is 5.92 Å². The Morgan fingerprint density at radius 1 is 0.977 bits per heavy atom. The first-order chi connectivity index (χ1) is 21.1. The van der Waals surface area contributed by atoms with Gasteiger partial charge in [0.05, 0.1) is 44.7 Å². The topological polar surface area (TPSA) is 142 Å². The van der Waals surface area contributed by atoms with Crippen LogP contribution in [0.2, 0.25) is 0 Å². The Kier molecular flexibility index (Phi) is 10.5. The third-order valence-electron chi connectivity index (χ3n) is 7.43. The monoisotopic (exact) mass is 605 g/mol. The number of carbonyl (C=O) groups excluding carboxylic acids is 3. The van der Waals surface area contributed by atoms with Crippen molar-refractivity contribution in [3.05, 3.63) is 72.3 Å². The molecule has 0 aromatic heterocycles. The van der Waals surface area contributed by atoms with Crippen LogP contribution < -0.4 is 30.2 Å². The molecule has 4 N–H and O–H groups in total. The van der Waals surface area contributed by atoms with Gasteiger partial charge in [-0.25, -0.2) is 9.59 Å². The van der Waals surface area contributed by atoms with Crippen LogP contribution in [0.15, 0.2) is 66.7 Å². The fraction of sp³-hybridized carbons (Fsp3) is 0.344. The van der Waals surface area contributed by atoms with Gasteiger partial charge < -0.3 is 45.1 Å². The second kappa shape index (κ2) is 14.5. The van der Waals surface area contributed by atoms with Gasteiger partial charge in [0.1, 0.15) is 17.6 Å². The van der Waals surface area contributed by atoms with Crippen molar-refractivity contribution in [3.63, 3.8) is 0 Å². The maximum absolute atomic E-state index is 13.7. The summed E-state index contributed by atoms with van der Waals surface area (Å²) in [5, 5.41) is 18.4. The molecule has 3 atom stereocenters. The van der Waals surface area contributed by atoms with E-state index in [0.717, 1.165) is 0 Å². The highest BCUT2D eigenvalue weighted by Crippen LogP contribution is 2.35. The molecule has 3 aromatic carbocycles. The number of hydrogen-bond acceptors (Lipinski definition) is 7. The zero-order chi connectivity index (χ0) is 31.8. The van der Waals surface area contributed by atoms with Crippen LogP contribution in [-0.4, -0.2) is 86.0 Å². The number of benzene rings is 3. The molecular weight excluding hydrogens is 566 g/mol. The zero-order valence-electron chi connectivity index (χ0n) is 25.5. The highest BCUT2D eigenvalue weighted by Gasteiger charge is 2.35. The number of hydrogen-bond donors (Lipinski definition) is 4. The van der Waals surface area contributed by atoms with Gasteiger partial charge in [0, 0.05) is 30.9 Å². The summed E-state index contributed by atoms with van der Waals surface area (Å²) in [5.74, 6) is 0.912. The van der Waals surface area contributed by atoms with E-state index in [1.807, 2.05) is 6.92 Å². The number of amides is 5. The van der Waals surface area contributed by atoms with Crippen LogP contribution in [0.4, 0.5) is 26.7 Å². The number of urea groups is 2. The lowest BCUT2D eigenvalue weighted by Gasteiger charge is -2.38. The molecule has 12 heteroatoms. The SMILES string of the molecule is COc1ccc(NC(=O)Nc2cccc3c2O[C@H](CN(C)C(=O)Nc2ccc(OC)cc2)[C@H](C)CN([C@H](C)CO)C3=O)cc1. The first-order valence-corrected chi connectivity index (χ1v) is 14.2. The first kappa shape index (κ1) is 32.0. The van der Waals surface area contributed by atoms with E-state index in [-0.39, 0.29) is 54.6 Å². The summed E-state index contributed by atoms with van der Waals surface area (Å²) in [6.45, 7) is 3.91. The van der Waals surface area contributed by atoms with Gasteiger partial charge in [-0.3, -0.25) is 4.79 Å². The van der Waals surface area contributed by atoms with E-state index in [9.17, 15) is 19.5 Å². The summed E-state index contributed by atoms with van der Waals surface area (Å²) in [6, 6.07) is 17.4. The minimum Gasteiger partial charge on any atom is -0.497 e. The van der Waals surface area contributed by atoms with E-state index in [1.165, 1.54) is 4.90 Å². The highest BCUT2D eigenvalue weighted by atomic mass is 16.5. The van der Waals surface area contributed by atoms with Gasteiger partial charge in [0.25, 0.3) is 5.91 Å². The van der Waals surface area contributed by atoms with E-state index in [4.69, 9.17) is 14.2 Å². The van der Waals surface area contributed by atoms with E-state index < -0.39 is 18.2 Å². The van der Waals surface area contributed by atoms with E-state index in [0.29, 0.717) is 22.9 Å². The summed E-state index contributed by atoms with van der Waals surface area (Å²) < 4.78 is 16.8. The third kappa shape index (κ3) is 7.70. The van der Waals surface area contributed by atoms with E-state index >= 15 is 0 Å². The molecule has 0 saturated carbocycles. The number of aliphatic hydroxyl groups excluding tert-OH is 1. The van der Waals surface area contributed by atoms with Gasteiger partial charge in [-0.1, -0.05) is 13.0 Å². The molecule has 234 valence electrons. The van der Waals surface area contributed by atoms with Crippen LogP contribution in [0.25, 0.3) is 0 Å². The van der Waals surface area contributed by atoms with Crippen LogP contribution in [0.3, 0.4) is 0 Å². The Morgan fingerprint density at radius 2 is 1.57 bits per heavy atom. The molecule has 0 spiro atoms. The second-order valence-corrected chi connectivity index (χ2v) is 10.7. The number of anilines is 3. The summed E-state index contributed by atoms with van der Waals surface area (Å²) in [5.41, 5.74) is 1.65. The molecule has 12 nitrogen and oxygen atoms in total. The largest absolute Gasteiger partial charge is 0.497 e. The molecule has 4 rings (SSSR count). The summed E-state index contributed by atoms with van der Waals surface area (Å²) in [6.07, 6.45) is -0.575. The lowest BCUT2D eigenvalue weighted by Crippen LogP contribution is -2.50. The van der Waals surface area contributed by atoms with Gasteiger partial charge in [0.15, 0.2) is 5.75 Å². The summed E-state index contributed by atoms with van der Waals surface area (Å²) in [4.78, 5) is 42.9. The lowest BCUT2D eigenvalue weighted by molar-refractivity contribution is 0.0373. The van der Waals surface area contributed by atoms with Gasteiger partial charge in [-0.05, 0) is 67.6 Å². The predicted octanol–water partition coefficient (Wildman–Crippen LogP) is 4.73. The average Bonchev–Trinajstić information content (AvgIpc) is 3.03. The molecule has 1 aliphatic heterocycles. The fourth-order valence-electron chi connectivity index (χ4n) is 4.76. The standard InChI is InChI=1S/C32H39N5O7/c1-20-17-37(21(2)19-38)30(39)26-7-6-8-27(35-31(40)33-22-9-13-24(42-4)14-10-22)29(26)44-28(20)18-36(3)32(41)34-23-11-15-25(43-5)16-12-23/h6-16,20-21,28,38H,17-19H2,1-5H3,(H,34,41)(H2,33,35,40)/t20-,21-,28-/m1/s1. The van der Waals surface area contributed by atoms with Crippen molar-refractivity contribution in [2.75, 3.05) is 56.9 Å². The Morgan fingerprint density at radius 3 is 2.14 bits per heavy atom. The molecular formula is C32H39N5O7. The van der Waals surface area contributed by atoms with Crippen molar-refractivity contribution >= 4 is 35.0 Å². The predicted molar refractivity (Wildman–Crippen MR) is 168 cm³/mol. The number of rotatable bonds is 9. The van der Waals surface area contributed by atoms with Crippen molar-refractivity contribution in [1.82, 2.24) is 9.80 Å². The lowest BCUT2D eigenvalue weighted by atomic mass is 9.99. The maximum atomic E-state index is 13.7. The molecule has 3 aromatic rings. The Labute approximate surface area is 256 Å². The molecule has 0 saturated heterocycles. The molecule has 5 amide bonds. The third-order valence-corrected chi connectivity index (χ3v) is 7.43. The number of para-hydroxylation sites is 1. The summed E-state index contributed by atoms with van der Waals surface area (Å²) >= 11 is 0. The quantitative estimate of drug-likeness (QED) is 0.276. The second-order valence-electron chi connectivity index (χ2n) is 10.7. The Balaban J connectivity index is 1.59. The van der Waals surface area contributed by atoms with Crippen molar-refractivity contribution < 1.29 is 33.7 Å². The van der Waals surface area contributed by atoms with E-state index in [1.54, 1.807) is 99.8 Å². The zero-order valence-corrected chi connectivity index (χ0v) is 25.5. The minimum atomic E-state index is -0.575. The van der Waals surface area contributed by atoms with Crippen molar-refractivity contribution in [3.8, 4) is 17.2 Å². The van der Waals surface area contributed by atoms with Crippen LogP contribution in [-0.2, 0) is 0 Å². The van der Waals surface area contributed by atoms with Crippen molar-refractivity contribution in [1.29, 1.82) is 0 Å². The van der Waals surface area contributed by atoms with Gasteiger partial charge in [-0.15, -0.1) is 0 Å². The average molecular weight is 606 g/mol. The fourth-order valence-corrected chi connectivity index (χ4v) is 4.76. The highest BCUT2D eigenvalue weighted by molar-refractivity contribution is 6.04. The Bertz CT molecular complexity index is 1450. The smallest absolute Gasteiger partial charge is 0.323 e. The molecule has 44 heavy (non-hydrogen) atoms. The number of methoxy groups -OCH3 is 2. The van der Waals surface area contributed by atoms with Crippen LogP contribution in [0.1, 0.15) is 24.2 Å². The number of ether oxygens (including phenoxy) is 3. The number of nitrogens with one attached hydrogen (secondary N) is 3. The van der Waals surface area contributed by atoms with Gasteiger partial charge in [0.2, 0.25) is 0 Å². The minimum absolute atomic E-state index is 0.171. The maximum Gasteiger partial charge on any atom is 0.323 e. The molecule has 0 unspecified atom stereocenters. The van der Waals surface area contributed by atoms with Gasteiger partial charge in [-0.2, -0.15) is 0 Å². The molecule has 0 bridgehead atoms. The number of aliphatic hydroxyl groups is 1. The summed E-state index contributed by atoms with van der Waals surface area (Å²) in [7, 11) is 4.78. The van der Waals surface area contributed by atoms with Crippen LogP contribution in [0.5, 0.6) is 17.2 Å². The van der Waals surface area contributed by atoms with Gasteiger partial charge >= 0.3 is 12.1 Å². The molecule has 0 fully saturated rings. The van der Waals surface area contributed by atoms with Crippen molar-refractivity contribution in [2.24, 2.45) is 5.92 Å². The molecule has 1 aliphatic rings. The number of carbonyl (C=O) groups is 3. The molecule has 0 aliphatic carbocycles. The number of likely N-dealkylation sites (N-methyl/N-ethyl adjacent to an activating group) is 1. The molecule has 0 radical (unpaired) electrons. The van der Waals surface area contributed by atoms with E-state index in [2.05, 4.69) is 16.0 Å². The first-order valence-electron chi connectivity index (χ1n) is 14.2. The van der Waals surface area contributed by atoms with Crippen LogP contribution >= 0.6 is 0 Å². The van der Waals surface area contributed by atoms with Crippen molar-refractivity contribution in [2.45, 2.75) is 26.0 Å². The number of nitrogens with zero attached hydrogens (tertiary/aromatic N) is 2. The number of fused-ring (bicyclic) bond motifs is 1. The normalized spacial score (nSPS) is 16.8.